The molecule has 26 heavy (non-hydrogen) atoms. The molecule has 2 aromatic carbocycles. The van der Waals surface area contributed by atoms with Crippen LogP contribution in [0, 0.1) is 5.82 Å². The molecule has 0 saturated carbocycles. The summed E-state index contributed by atoms with van der Waals surface area (Å²) in [5.41, 5.74) is -1.23. The molecule has 0 aliphatic carbocycles. The summed E-state index contributed by atoms with van der Waals surface area (Å²) in [5, 5.41) is 3.90. The Balaban J connectivity index is 2.08. The van der Waals surface area contributed by atoms with Crippen LogP contribution in [0.25, 0.3) is 5.69 Å². The summed E-state index contributed by atoms with van der Waals surface area (Å²) in [4.78, 5) is -0.289. The second-order valence-corrected chi connectivity index (χ2v) is 6.92. The normalized spacial score (nSPS) is 12.2. The van der Waals surface area contributed by atoms with Gasteiger partial charge in [0.25, 0.3) is 10.0 Å². The van der Waals surface area contributed by atoms with E-state index in [0.717, 1.165) is 36.4 Å². The fourth-order valence-corrected chi connectivity index (χ4v) is 3.29. The molecular weight excluding hydrogens is 374 g/mol. The molecular formula is C16H11F4N3O2S. The zero-order valence-electron chi connectivity index (χ0n) is 12.9. The second kappa shape index (κ2) is 6.45. The molecule has 0 amide bonds. The molecule has 3 aromatic rings. The Hall–Kier alpha value is -2.88. The van der Waals surface area contributed by atoms with Crippen LogP contribution >= 0.6 is 0 Å². The maximum Gasteiger partial charge on any atom is 0.416 e. The summed E-state index contributed by atoms with van der Waals surface area (Å²) >= 11 is 0. The average molecular weight is 385 g/mol. The lowest BCUT2D eigenvalue weighted by Gasteiger charge is -2.15. The predicted molar refractivity (Wildman–Crippen MR) is 85.8 cm³/mol. The number of hydrogen-bond donors (Lipinski definition) is 1. The fourth-order valence-electron chi connectivity index (χ4n) is 2.22. The highest BCUT2D eigenvalue weighted by molar-refractivity contribution is 7.92. The lowest BCUT2D eigenvalue weighted by molar-refractivity contribution is -0.137. The van der Waals surface area contributed by atoms with Crippen LogP contribution in [-0.4, -0.2) is 18.2 Å². The van der Waals surface area contributed by atoms with Crippen LogP contribution in [0.3, 0.4) is 0 Å². The molecule has 1 heterocycles. The third kappa shape index (κ3) is 3.69. The number of anilines is 1. The van der Waals surface area contributed by atoms with E-state index in [4.69, 9.17) is 0 Å². The highest BCUT2D eigenvalue weighted by atomic mass is 32.2. The minimum Gasteiger partial charge on any atom is -0.277 e. The molecule has 0 unspecified atom stereocenters. The summed E-state index contributed by atoms with van der Waals surface area (Å²) in [6.45, 7) is 0. The van der Waals surface area contributed by atoms with E-state index in [1.165, 1.54) is 23.1 Å². The van der Waals surface area contributed by atoms with Gasteiger partial charge < -0.3 is 0 Å². The molecule has 136 valence electrons. The quantitative estimate of drug-likeness (QED) is 0.695. The fraction of sp³-hybridized carbons (Fsp3) is 0.0625. The van der Waals surface area contributed by atoms with E-state index in [1.54, 1.807) is 0 Å². The number of benzene rings is 2. The molecule has 0 saturated heterocycles. The minimum atomic E-state index is -4.65. The van der Waals surface area contributed by atoms with Crippen LogP contribution in [-0.2, 0) is 16.2 Å². The van der Waals surface area contributed by atoms with Gasteiger partial charge in [-0.2, -0.15) is 18.3 Å². The van der Waals surface area contributed by atoms with Crippen LogP contribution in [0.4, 0.5) is 23.2 Å². The van der Waals surface area contributed by atoms with Crippen LogP contribution < -0.4 is 4.72 Å². The zero-order chi connectivity index (χ0) is 18.9. The third-order valence-electron chi connectivity index (χ3n) is 3.44. The van der Waals surface area contributed by atoms with Crippen molar-refractivity contribution < 1.29 is 26.0 Å². The van der Waals surface area contributed by atoms with Crippen molar-refractivity contribution in [3.8, 4) is 5.69 Å². The molecule has 5 nitrogen and oxygen atoms in total. The number of sulfonamides is 1. The Labute approximate surface area is 145 Å². The van der Waals surface area contributed by atoms with Gasteiger partial charge in [0.05, 0.1) is 21.8 Å². The molecule has 0 atom stereocenters. The van der Waals surface area contributed by atoms with Crippen molar-refractivity contribution in [3.63, 3.8) is 0 Å². The van der Waals surface area contributed by atoms with Crippen molar-refractivity contribution in [2.75, 3.05) is 4.72 Å². The van der Waals surface area contributed by atoms with E-state index in [-0.39, 0.29) is 16.3 Å². The van der Waals surface area contributed by atoms with Crippen LogP contribution in [0.1, 0.15) is 5.56 Å². The zero-order valence-corrected chi connectivity index (χ0v) is 13.7. The molecule has 0 radical (unpaired) electrons. The number of aromatic nitrogens is 2. The molecule has 10 heteroatoms. The van der Waals surface area contributed by atoms with Crippen molar-refractivity contribution in [2.24, 2.45) is 0 Å². The summed E-state index contributed by atoms with van der Waals surface area (Å²) < 4.78 is 80.2. The van der Waals surface area contributed by atoms with Gasteiger partial charge in [-0.3, -0.25) is 4.72 Å². The van der Waals surface area contributed by atoms with E-state index < -0.39 is 27.6 Å². The van der Waals surface area contributed by atoms with Gasteiger partial charge in [0.1, 0.15) is 5.82 Å². The van der Waals surface area contributed by atoms with E-state index in [1.807, 2.05) is 0 Å². The lowest BCUT2D eigenvalue weighted by Crippen LogP contribution is -2.16. The van der Waals surface area contributed by atoms with Gasteiger partial charge in [0.2, 0.25) is 0 Å². The number of rotatable bonds is 4. The summed E-state index contributed by atoms with van der Waals surface area (Å²) in [7, 11) is -4.23. The van der Waals surface area contributed by atoms with Gasteiger partial charge in [-0.25, -0.2) is 17.5 Å². The van der Waals surface area contributed by atoms with Gasteiger partial charge in [0, 0.05) is 12.4 Å². The maximum atomic E-state index is 13.0. The first-order chi connectivity index (χ1) is 12.2. The smallest absolute Gasteiger partial charge is 0.277 e. The Morgan fingerprint density at radius 1 is 1.04 bits per heavy atom. The van der Waals surface area contributed by atoms with Crippen LogP contribution in [0.15, 0.2) is 65.8 Å². The van der Waals surface area contributed by atoms with Gasteiger partial charge in [-0.05, 0) is 48.5 Å². The molecule has 0 fully saturated rings. The molecule has 1 aromatic heterocycles. The molecule has 0 bridgehead atoms. The first-order valence-electron chi connectivity index (χ1n) is 7.16. The largest absolute Gasteiger partial charge is 0.416 e. The van der Waals surface area contributed by atoms with Gasteiger partial charge in [0.15, 0.2) is 0 Å². The van der Waals surface area contributed by atoms with E-state index >= 15 is 0 Å². The molecule has 3 rings (SSSR count). The SMILES string of the molecule is O=S(=O)(Nc1cc(C(F)(F)F)ccc1-n1cccn1)c1ccc(F)cc1. The van der Waals surface area contributed by atoms with Crippen LogP contribution in [0.5, 0.6) is 0 Å². The number of halogens is 4. The minimum absolute atomic E-state index is 0.105. The highest BCUT2D eigenvalue weighted by Crippen LogP contribution is 2.34. The standard InChI is InChI=1S/C16H11F4N3O2S/c17-12-3-5-13(6-4-12)26(24,25)22-14-10-11(16(18,19)20)2-7-15(14)23-9-1-8-21-23/h1-10,22H. The molecule has 0 aliphatic heterocycles. The Bertz CT molecular complexity index is 1010. The topological polar surface area (TPSA) is 64.0 Å². The summed E-state index contributed by atoms with van der Waals surface area (Å²) in [6.07, 6.45) is -1.80. The van der Waals surface area contributed by atoms with Gasteiger partial charge in [-0.1, -0.05) is 0 Å². The number of hydrogen-bond acceptors (Lipinski definition) is 3. The van der Waals surface area contributed by atoms with Crippen molar-refractivity contribution in [3.05, 3.63) is 72.3 Å². The lowest BCUT2D eigenvalue weighted by atomic mass is 10.1. The van der Waals surface area contributed by atoms with Gasteiger partial charge in [-0.15, -0.1) is 0 Å². The molecule has 0 aliphatic rings. The number of alkyl halides is 3. The second-order valence-electron chi connectivity index (χ2n) is 5.24. The molecule has 1 N–H and O–H groups in total. The summed E-state index contributed by atoms with van der Waals surface area (Å²) in [5.74, 6) is -0.639. The first kappa shape index (κ1) is 17.9. The Morgan fingerprint density at radius 3 is 2.31 bits per heavy atom. The first-order valence-corrected chi connectivity index (χ1v) is 8.65. The Kier molecular flexibility index (Phi) is 4.45. The van der Waals surface area contributed by atoms with E-state index in [0.29, 0.717) is 6.07 Å². The van der Waals surface area contributed by atoms with Crippen molar-refractivity contribution in [2.45, 2.75) is 11.1 Å². The Morgan fingerprint density at radius 2 is 1.73 bits per heavy atom. The maximum absolute atomic E-state index is 13.0. The van der Waals surface area contributed by atoms with Gasteiger partial charge >= 0.3 is 6.18 Å². The van der Waals surface area contributed by atoms with Crippen LogP contribution in [0.2, 0.25) is 0 Å². The van der Waals surface area contributed by atoms with Crippen molar-refractivity contribution in [1.29, 1.82) is 0 Å². The molecule has 0 spiro atoms. The van der Waals surface area contributed by atoms with Crippen molar-refractivity contribution in [1.82, 2.24) is 9.78 Å². The van der Waals surface area contributed by atoms with E-state index in [2.05, 4.69) is 9.82 Å². The average Bonchev–Trinajstić information content (AvgIpc) is 3.08. The third-order valence-corrected chi connectivity index (χ3v) is 4.82. The monoisotopic (exact) mass is 385 g/mol. The predicted octanol–water partition coefficient (Wildman–Crippen LogP) is 3.83. The van der Waals surface area contributed by atoms with E-state index in [9.17, 15) is 26.0 Å². The number of nitrogens with zero attached hydrogens (tertiary/aromatic N) is 2. The highest BCUT2D eigenvalue weighted by Gasteiger charge is 2.32. The van der Waals surface area contributed by atoms with Crippen molar-refractivity contribution >= 4 is 15.7 Å². The number of nitrogens with one attached hydrogen (secondary N) is 1. The summed E-state index contributed by atoms with van der Waals surface area (Å²) in [6, 6.07) is 8.06.